The van der Waals surface area contributed by atoms with Gasteiger partial charge in [-0.15, -0.1) is 10.2 Å². The number of nitrogens with two attached hydrogens (primary N) is 3. The van der Waals surface area contributed by atoms with Crippen LogP contribution in [0.4, 0.5) is 11.4 Å². The van der Waals surface area contributed by atoms with E-state index >= 15 is 0 Å². The molecule has 8 N–H and O–H groups in total. The van der Waals surface area contributed by atoms with Crippen LogP contribution in [0.2, 0.25) is 0 Å². The third kappa shape index (κ3) is 8.44. The molecule has 0 aliphatic heterocycles. The first kappa shape index (κ1) is 25.7. The molecule has 0 atom stereocenters. The highest BCUT2D eigenvalue weighted by Crippen LogP contribution is 2.29. The van der Waals surface area contributed by atoms with Crippen LogP contribution < -0.4 is 27.8 Å². The summed E-state index contributed by atoms with van der Waals surface area (Å²) in [5.41, 5.74) is 21.8. The molecule has 186 valence electrons. The highest BCUT2D eigenvalue weighted by Gasteiger charge is 2.21. The van der Waals surface area contributed by atoms with Crippen LogP contribution in [0.5, 0.6) is 0 Å². The molecule has 0 heterocycles. The van der Waals surface area contributed by atoms with E-state index in [0.717, 1.165) is 47.0 Å². The van der Waals surface area contributed by atoms with Gasteiger partial charge in [-0.2, -0.15) is 10.2 Å². The van der Waals surface area contributed by atoms with E-state index in [1.807, 2.05) is 38.1 Å². The summed E-state index contributed by atoms with van der Waals surface area (Å²) < 4.78 is 0. The molecule has 1 aliphatic carbocycles. The van der Waals surface area contributed by atoms with E-state index in [0.29, 0.717) is 11.8 Å². The Balaban J connectivity index is 1.44. The van der Waals surface area contributed by atoms with Gasteiger partial charge in [-0.25, -0.2) is 0 Å². The predicted molar refractivity (Wildman–Crippen MR) is 148 cm³/mol. The van der Waals surface area contributed by atoms with Crippen LogP contribution in [0.15, 0.2) is 68.9 Å². The number of anilines is 2. The van der Waals surface area contributed by atoms with E-state index < -0.39 is 0 Å². The van der Waals surface area contributed by atoms with E-state index in [1.54, 1.807) is 0 Å². The summed E-state index contributed by atoms with van der Waals surface area (Å²) in [6.45, 7) is 5.78. The van der Waals surface area contributed by atoms with E-state index in [2.05, 4.69) is 55.3 Å². The lowest BCUT2D eigenvalue weighted by atomic mass is 9.82. The molecular weight excluding hydrogens is 438 g/mol. The molecule has 2 aromatic carbocycles. The van der Waals surface area contributed by atoms with Gasteiger partial charge in [-0.1, -0.05) is 24.3 Å². The summed E-state index contributed by atoms with van der Waals surface area (Å²) in [4.78, 5) is 0. The zero-order valence-corrected chi connectivity index (χ0v) is 20.6. The van der Waals surface area contributed by atoms with Gasteiger partial charge in [0.15, 0.2) is 0 Å². The van der Waals surface area contributed by atoms with Gasteiger partial charge in [0.2, 0.25) is 5.96 Å². The summed E-state index contributed by atoms with van der Waals surface area (Å²) in [7, 11) is 0. The van der Waals surface area contributed by atoms with Gasteiger partial charge in [0.1, 0.15) is 6.34 Å². The largest absolute Gasteiger partial charge is 0.388 e. The molecule has 9 nitrogen and oxygen atoms in total. The molecule has 1 fully saturated rings. The second-order valence-electron chi connectivity index (χ2n) is 8.97. The Morgan fingerprint density at radius 2 is 1.29 bits per heavy atom. The number of hydrogen-bond donors (Lipinski definition) is 5. The van der Waals surface area contributed by atoms with Crippen molar-refractivity contribution >= 4 is 35.1 Å². The van der Waals surface area contributed by atoms with Gasteiger partial charge in [-0.05, 0) is 86.8 Å². The first-order valence-corrected chi connectivity index (χ1v) is 12.0. The Morgan fingerprint density at radius 3 is 1.74 bits per heavy atom. The summed E-state index contributed by atoms with van der Waals surface area (Å²) in [6, 6.07) is 16.5. The number of nitrogens with one attached hydrogen (secondary N) is 2. The van der Waals surface area contributed by atoms with Crippen molar-refractivity contribution in [2.75, 3.05) is 23.7 Å². The molecule has 1 saturated carbocycles. The fourth-order valence-electron chi connectivity index (χ4n) is 4.24. The second kappa shape index (κ2) is 13.1. The molecule has 0 radical (unpaired) electrons. The van der Waals surface area contributed by atoms with Gasteiger partial charge in [0.05, 0.1) is 11.4 Å². The van der Waals surface area contributed by atoms with E-state index in [-0.39, 0.29) is 5.96 Å². The Kier molecular flexibility index (Phi) is 9.65. The van der Waals surface area contributed by atoms with E-state index in [1.165, 1.54) is 32.0 Å². The highest BCUT2D eigenvalue weighted by molar-refractivity contribution is 6.00. The first-order chi connectivity index (χ1) is 16.9. The maximum Gasteiger partial charge on any atom is 0.211 e. The number of rotatable bonds is 10. The summed E-state index contributed by atoms with van der Waals surface area (Å²) in [5, 5.41) is 22.8. The molecule has 3 rings (SSSR count). The zero-order chi connectivity index (χ0) is 25.0. The minimum Gasteiger partial charge on any atom is -0.388 e. The standard InChI is InChI=1S/C26H37N9/c1-18(33-32-17-27)22-5-3-7-24(13-22)30-15-20-9-11-21(12-10-20)16-31-25-8-4-6-23(14-25)19(2)34-35-26(28)29/h3-8,13-14,17,20-21,30-31H,9-12,15-16H2,1-2H3,(H2,27,32)(H4,28,29,35)/b33-18+,34-19+. The molecule has 35 heavy (non-hydrogen) atoms. The normalized spacial score (nSPS) is 18.9. The Labute approximate surface area is 207 Å². The average molecular weight is 476 g/mol. The molecule has 0 saturated heterocycles. The van der Waals surface area contributed by atoms with Gasteiger partial charge < -0.3 is 27.8 Å². The lowest BCUT2D eigenvalue weighted by Gasteiger charge is -2.29. The fourth-order valence-corrected chi connectivity index (χ4v) is 4.24. The molecule has 1 aliphatic rings. The summed E-state index contributed by atoms with van der Waals surface area (Å²) >= 11 is 0. The molecule has 0 aromatic heterocycles. The van der Waals surface area contributed by atoms with Gasteiger partial charge >= 0.3 is 0 Å². The van der Waals surface area contributed by atoms with Crippen LogP contribution >= 0.6 is 0 Å². The number of benzene rings is 2. The fraction of sp³-hybridized carbons (Fsp3) is 0.385. The summed E-state index contributed by atoms with van der Waals surface area (Å²) in [6.07, 6.45) is 6.12. The topological polar surface area (TPSA) is 152 Å². The average Bonchev–Trinajstić information content (AvgIpc) is 2.88. The Morgan fingerprint density at radius 1 is 0.800 bits per heavy atom. The minimum absolute atomic E-state index is 0.0453. The molecule has 0 bridgehead atoms. The third-order valence-electron chi connectivity index (χ3n) is 6.31. The van der Waals surface area contributed by atoms with Crippen molar-refractivity contribution in [1.82, 2.24) is 0 Å². The van der Waals surface area contributed by atoms with Crippen LogP contribution in [0.25, 0.3) is 0 Å². The molecule has 9 heteroatoms. The van der Waals surface area contributed by atoms with E-state index in [9.17, 15) is 0 Å². The van der Waals surface area contributed by atoms with Crippen LogP contribution in [0, 0.1) is 11.8 Å². The smallest absolute Gasteiger partial charge is 0.211 e. The van der Waals surface area contributed by atoms with Crippen molar-refractivity contribution in [2.45, 2.75) is 39.5 Å². The number of guanidine groups is 1. The molecular formula is C26H37N9. The van der Waals surface area contributed by atoms with Crippen molar-refractivity contribution in [2.24, 2.45) is 49.4 Å². The molecule has 0 unspecified atom stereocenters. The van der Waals surface area contributed by atoms with Gasteiger partial charge in [0, 0.05) is 24.5 Å². The second-order valence-corrected chi connectivity index (χ2v) is 8.97. The van der Waals surface area contributed by atoms with Crippen molar-refractivity contribution in [3.8, 4) is 0 Å². The van der Waals surface area contributed by atoms with Crippen molar-refractivity contribution < 1.29 is 0 Å². The van der Waals surface area contributed by atoms with Crippen LogP contribution in [-0.4, -0.2) is 36.8 Å². The van der Waals surface area contributed by atoms with E-state index in [4.69, 9.17) is 17.2 Å². The van der Waals surface area contributed by atoms with Crippen molar-refractivity contribution in [3.63, 3.8) is 0 Å². The molecule has 2 aromatic rings. The zero-order valence-electron chi connectivity index (χ0n) is 20.6. The predicted octanol–water partition coefficient (Wildman–Crippen LogP) is 3.73. The number of hydrogen-bond acceptors (Lipinski definition) is 6. The third-order valence-corrected chi connectivity index (χ3v) is 6.31. The lowest BCUT2D eigenvalue weighted by molar-refractivity contribution is 0.293. The van der Waals surface area contributed by atoms with Crippen molar-refractivity contribution in [1.29, 1.82) is 0 Å². The maximum absolute atomic E-state index is 5.36. The minimum atomic E-state index is -0.0453. The maximum atomic E-state index is 5.36. The van der Waals surface area contributed by atoms with Crippen LogP contribution in [0.1, 0.15) is 50.7 Å². The SMILES string of the molecule is C/C(=N\N=C(N)N)c1cccc(NCC2CCC(CNc3cccc(/C(C)=N/N=C\N)c3)CC2)c1. The van der Waals surface area contributed by atoms with Crippen LogP contribution in [-0.2, 0) is 0 Å². The van der Waals surface area contributed by atoms with Gasteiger partial charge in [-0.3, -0.25) is 0 Å². The lowest BCUT2D eigenvalue weighted by Crippen LogP contribution is -2.25. The highest BCUT2D eigenvalue weighted by atomic mass is 15.3. The molecule has 0 amide bonds. The summed E-state index contributed by atoms with van der Waals surface area (Å²) in [5.74, 6) is 1.32. The molecule has 0 spiro atoms. The van der Waals surface area contributed by atoms with Gasteiger partial charge in [0.25, 0.3) is 0 Å². The first-order valence-electron chi connectivity index (χ1n) is 12.0. The Hall–Kier alpha value is -3.88. The number of nitrogens with zero attached hydrogens (tertiary/aromatic N) is 4. The van der Waals surface area contributed by atoms with Crippen molar-refractivity contribution in [3.05, 3.63) is 59.7 Å². The van der Waals surface area contributed by atoms with Crippen LogP contribution in [0.3, 0.4) is 0 Å². The quantitative estimate of drug-likeness (QED) is 0.201. The Bertz CT molecular complexity index is 1080. The monoisotopic (exact) mass is 475 g/mol.